The van der Waals surface area contributed by atoms with Crippen LogP contribution in [-0.4, -0.2) is 10.1 Å². The van der Waals surface area contributed by atoms with Crippen molar-refractivity contribution in [3.8, 4) is 0 Å². The Morgan fingerprint density at radius 2 is 2.20 bits per heavy atom. The zero-order valence-electron chi connectivity index (χ0n) is 8.60. The van der Waals surface area contributed by atoms with Crippen LogP contribution in [0.25, 0.3) is 0 Å². The Balaban J connectivity index is 1.81. The molecular weight excluding hydrogens is 190 g/mol. The number of pyridine rings is 1. The number of nitrogens with zero attached hydrogens (tertiary/aromatic N) is 2. The van der Waals surface area contributed by atoms with Crippen molar-refractivity contribution >= 4 is 0 Å². The molecule has 2 heterocycles. The molecule has 2 aromatic heterocycles. The van der Waals surface area contributed by atoms with Crippen LogP contribution in [0.2, 0.25) is 0 Å². The smallest absolute Gasteiger partial charge is 0.150 e. The van der Waals surface area contributed by atoms with Crippen LogP contribution in [0.15, 0.2) is 35.1 Å². The molecule has 78 valence electrons. The standard InChI is InChI=1S/C11H13N3O/c1-9-2-3-10(7-13-9)6-12-8-11-4-5-14-15-11/h2-5,7,12H,6,8H2,1H3. The van der Waals surface area contributed by atoms with E-state index in [1.807, 2.05) is 25.3 Å². The van der Waals surface area contributed by atoms with Crippen LogP contribution in [0.1, 0.15) is 17.0 Å². The van der Waals surface area contributed by atoms with Crippen LogP contribution in [0.3, 0.4) is 0 Å². The average molecular weight is 203 g/mol. The quantitative estimate of drug-likeness (QED) is 0.821. The lowest BCUT2D eigenvalue weighted by molar-refractivity contribution is 0.372. The molecule has 2 aromatic rings. The maximum atomic E-state index is 4.96. The molecule has 0 radical (unpaired) electrons. The van der Waals surface area contributed by atoms with Gasteiger partial charge in [0.2, 0.25) is 0 Å². The van der Waals surface area contributed by atoms with Crippen LogP contribution in [0.5, 0.6) is 0 Å². The summed E-state index contributed by atoms with van der Waals surface area (Å²) >= 11 is 0. The summed E-state index contributed by atoms with van der Waals surface area (Å²) in [5, 5.41) is 6.88. The lowest BCUT2D eigenvalue weighted by Crippen LogP contribution is -2.12. The highest BCUT2D eigenvalue weighted by Gasteiger charge is 1.97. The Hall–Kier alpha value is -1.68. The number of aryl methyl sites for hydroxylation is 1. The fourth-order valence-electron chi connectivity index (χ4n) is 1.27. The van der Waals surface area contributed by atoms with E-state index in [-0.39, 0.29) is 0 Å². The summed E-state index contributed by atoms with van der Waals surface area (Å²) in [6, 6.07) is 5.92. The topological polar surface area (TPSA) is 51.0 Å². The van der Waals surface area contributed by atoms with Crippen molar-refractivity contribution in [2.24, 2.45) is 0 Å². The minimum absolute atomic E-state index is 0.688. The summed E-state index contributed by atoms with van der Waals surface area (Å²) in [6.07, 6.45) is 3.52. The van der Waals surface area contributed by atoms with Crippen molar-refractivity contribution in [2.45, 2.75) is 20.0 Å². The van der Waals surface area contributed by atoms with E-state index in [9.17, 15) is 0 Å². The van der Waals surface area contributed by atoms with E-state index in [1.54, 1.807) is 6.20 Å². The lowest BCUT2D eigenvalue weighted by atomic mass is 10.2. The Kier molecular flexibility index (Phi) is 3.09. The summed E-state index contributed by atoms with van der Waals surface area (Å²) in [7, 11) is 0. The number of hydrogen-bond donors (Lipinski definition) is 1. The maximum absolute atomic E-state index is 4.96. The molecule has 0 amide bonds. The van der Waals surface area contributed by atoms with Crippen LogP contribution in [0, 0.1) is 6.92 Å². The summed E-state index contributed by atoms with van der Waals surface area (Å²) < 4.78 is 4.96. The van der Waals surface area contributed by atoms with E-state index in [0.29, 0.717) is 6.54 Å². The van der Waals surface area contributed by atoms with Gasteiger partial charge in [-0.2, -0.15) is 0 Å². The predicted molar refractivity (Wildman–Crippen MR) is 56.0 cm³/mol. The second kappa shape index (κ2) is 4.70. The van der Waals surface area contributed by atoms with E-state index in [0.717, 1.165) is 18.0 Å². The van der Waals surface area contributed by atoms with E-state index in [1.165, 1.54) is 5.56 Å². The highest BCUT2D eigenvalue weighted by molar-refractivity contribution is 5.12. The molecule has 1 N–H and O–H groups in total. The Morgan fingerprint density at radius 1 is 1.27 bits per heavy atom. The molecule has 15 heavy (non-hydrogen) atoms. The number of nitrogens with one attached hydrogen (secondary N) is 1. The normalized spacial score (nSPS) is 10.5. The largest absolute Gasteiger partial charge is 0.360 e. The van der Waals surface area contributed by atoms with Gasteiger partial charge in [-0.15, -0.1) is 0 Å². The first-order valence-electron chi connectivity index (χ1n) is 4.86. The van der Waals surface area contributed by atoms with Gasteiger partial charge in [0, 0.05) is 24.5 Å². The van der Waals surface area contributed by atoms with Gasteiger partial charge in [0.15, 0.2) is 0 Å². The van der Waals surface area contributed by atoms with Crippen molar-refractivity contribution in [3.05, 3.63) is 47.6 Å². The number of hydrogen-bond acceptors (Lipinski definition) is 4. The van der Waals surface area contributed by atoms with Gasteiger partial charge in [-0.05, 0) is 18.6 Å². The molecule has 0 fully saturated rings. The van der Waals surface area contributed by atoms with E-state index >= 15 is 0 Å². The van der Waals surface area contributed by atoms with Crippen molar-refractivity contribution in [2.75, 3.05) is 0 Å². The third-order valence-corrected chi connectivity index (χ3v) is 2.09. The molecule has 4 nitrogen and oxygen atoms in total. The lowest BCUT2D eigenvalue weighted by Gasteiger charge is -2.02. The number of aromatic nitrogens is 2. The molecule has 0 aliphatic heterocycles. The van der Waals surface area contributed by atoms with Gasteiger partial charge in [-0.25, -0.2) is 0 Å². The van der Waals surface area contributed by atoms with Crippen molar-refractivity contribution in [1.82, 2.24) is 15.5 Å². The zero-order valence-corrected chi connectivity index (χ0v) is 8.60. The van der Waals surface area contributed by atoms with Gasteiger partial charge in [0.05, 0.1) is 12.7 Å². The highest BCUT2D eigenvalue weighted by atomic mass is 16.5. The average Bonchev–Trinajstić information content (AvgIpc) is 2.74. The SMILES string of the molecule is Cc1ccc(CNCc2ccno2)cn1. The fraction of sp³-hybridized carbons (Fsp3) is 0.273. The molecule has 0 aromatic carbocycles. The second-order valence-corrected chi connectivity index (χ2v) is 3.39. The Bertz CT molecular complexity index is 394. The van der Waals surface area contributed by atoms with Crippen LogP contribution in [-0.2, 0) is 13.1 Å². The Morgan fingerprint density at radius 3 is 2.87 bits per heavy atom. The summed E-state index contributed by atoms with van der Waals surface area (Å²) in [4.78, 5) is 4.22. The summed E-state index contributed by atoms with van der Waals surface area (Å²) in [6.45, 7) is 3.45. The van der Waals surface area contributed by atoms with Gasteiger partial charge in [-0.3, -0.25) is 4.98 Å². The van der Waals surface area contributed by atoms with Crippen molar-refractivity contribution in [1.29, 1.82) is 0 Å². The van der Waals surface area contributed by atoms with Crippen LogP contribution >= 0.6 is 0 Å². The molecule has 0 aliphatic rings. The van der Waals surface area contributed by atoms with Gasteiger partial charge in [-0.1, -0.05) is 11.2 Å². The minimum Gasteiger partial charge on any atom is -0.360 e. The van der Waals surface area contributed by atoms with Crippen molar-refractivity contribution < 1.29 is 4.52 Å². The van der Waals surface area contributed by atoms with Gasteiger partial charge < -0.3 is 9.84 Å². The molecule has 2 rings (SSSR count). The summed E-state index contributed by atoms with van der Waals surface area (Å²) in [5.74, 6) is 0.843. The monoisotopic (exact) mass is 203 g/mol. The zero-order chi connectivity index (χ0) is 10.5. The molecule has 0 saturated carbocycles. The molecular formula is C11H13N3O. The first kappa shape index (κ1) is 9.86. The fourth-order valence-corrected chi connectivity index (χ4v) is 1.27. The predicted octanol–water partition coefficient (Wildman–Crippen LogP) is 1.67. The third-order valence-electron chi connectivity index (χ3n) is 2.09. The first-order chi connectivity index (χ1) is 7.34. The molecule has 4 heteroatoms. The first-order valence-corrected chi connectivity index (χ1v) is 4.86. The van der Waals surface area contributed by atoms with Crippen LogP contribution in [0.4, 0.5) is 0 Å². The molecule has 0 saturated heterocycles. The maximum Gasteiger partial charge on any atom is 0.150 e. The van der Waals surface area contributed by atoms with E-state index in [4.69, 9.17) is 4.52 Å². The van der Waals surface area contributed by atoms with Crippen LogP contribution < -0.4 is 5.32 Å². The molecule has 0 atom stereocenters. The third kappa shape index (κ3) is 2.89. The molecule has 0 unspecified atom stereocenters. The molecule has 0 spiro atoms. The summed E-state index contributed by atoms with van der Waals surface area (Å²) in [5.41, 5.74) is 2.20. The van der Waals surface area contributed by atoms with Crippen molar-refractivity contribution in [3.63, 3.8) is 0 Å². The second-order valence-electron chi connectivity index (χ2n) is 3.39. The van der Waals surface area contributed by atoms with Gasteiger partial charge in [0.1, 0.15) is 5.76 Å². The van der Waals surface area contributed by atoms with E-state index in [2.05, 4.69) is 21.5 Å². The highest BCUT2D eigenvalue weighted by Crippen LogP contribution is 2.00. The van der Waals surface area contributed by atoms with Gasteiger partial charge >= 0.3 is 0 Å². The Labute approximate surface area is 88.3 Å². The van der Waals surface area contributed by atoms with Gasteiger partial charge in [0.25, 0.3) is 0 Å². The number of rotatable bonds is 4. The minimum atomic E-state index is 0.688. The van der Waals surface area contributed by atoms with E-state index < -0.39 is 0 Å². The molecule has 0 bridgehead atoms. The molecule has 0 aliphatic carbocycles.